The summed E-state index contributed by atoms with van der Waals surface area (Å²) in [6.07, 6.45) is 13.0. The molecule has 0 radical (unpaired) electrons. The highest BCUT2D eigenvalue weighted by Crippen LogP contribution is 2.26. The van der Waals surface area contributed by atoms with Crippen molar-refractivity contribution in [3.05, 3.63) is 24.3 Å². The lowest BCUT2D eigenvalue weighted by atomic mass is 9.82. The number of nitrogens with one attached hydrogen (secondary N) is 1. The summed E-state index contributed by atoms with van der Waals surface area (Å²) in [5.41, 5.74) is 0. The molecule has 1 heteroatoms. The molecular formula is C11H17N. The third kappa shape index (κ3) is 1.78. The summed E-state index contributed by atoms with van der Waals surface area (Å²) in [6.45, 7) is 2.45. The highest BCUT2D eigenvalue weighted by molar-refractivity contribution is 5.12. The van der Waals surface area contributed by atoms with Gasteiger partial charge < -0.3 is 5.32 Å². The SMILES string of the molecule is C1=CC[C@H]([C@@H]2CCCNC2)C=C1. The van der Waals surface area contributed by atoms with Gasteiger partial charge in [-0.1, -0.05) is 24.3 Å². The van der Waals surface area contributed by atoms with Gasteiger partial charge in [-0.2, -0.15) is 0 Å². The lowest BCUT2D eigenvalue weighted by Crippen LogP contribution is -2.33. The van der Waals surface area contributed by atoms with Crippen molar-refractivity contribution < 1.29 is 0 Å². The van der Waals surface area contributed by atoms with Crippen LogP contribution in [-0.2, 0) is 0 Å². The number of hydrogen-bond acceptors (Lipinski definition) is 1. The minimum Gasteiger partial charge on any atom is -0.316 e. The molecule has 0 aromatic heterocycles. The Morgan fingerprint density at radius 3 is 2.92 bits per heavy atom. The number of allylic oxidation sites excluding steroid dienone is 4. The predicted octanol–water partition coefficient (Wildman–Crippen LogP) is 2.12. The first-order chi connectivity index (χ1) is 5.97. The van der Waals surface area contributed by atoms with Crippen molar-refractivity contribution in [2.45, 2.75) is 19.3 Å². The third-order valence-electron chi connectivity index (χ3n) is 2.95. The molecule has 0 spiro atoms. The van der Waals surface area contributed by atoms with Gasteiger partial charge in [-0.3, -0.25) is 0 Å². The summed E-state index contributed by atoms with van der Waals surface area (Å²) >= 11 is 0. The second-order valence-electron chi connectivity index (χ2n) is 3.82. The lowest BCUT2D eigenvalue weighted by molar-refractivity contribution is 0.303. The minimum atomic E-state index is 0.808. The molecule has 1 nitrogen and oxygen atoms in total. The first-order valence-electron chi connectivity index (χ1n) is 5.01. The quantitative estimate of drug-likeness (QED) is 0.624. The van der Waals surface area contributed by atoms with E-state index in [2.05, 4.69) is 29.6 Å². The van der Waals surface area contributed by atoms with Crippen LogP contribution in [0.4, 0.5) is 0 Å². The van der Waals surface area contributed by atoms with Crippen molar-refractivity contribution in [3.8, 4) is 0 Å². The van der Waals surface area contributed by atoms with Crippen LogP contribution in [0.25, 0.3) is 0 Å². The maximum atomic E-state index is 3.47. The molecule has 1 aliphatic heterocycles. The average Bonchev–Trinajstić information content (AvgIpc) is 2.21. The molecule has 0 aromatic carbocycles. The van der Waals surface area contributed by atoms with Crippen LogP contribution >= 0.6 is 0 Å². The van der Waals surface area contributed by atoms with Crippen molar-refractivity contribution in [2.24, 2.45) is 11.8 Å². The molecule has 1 saturated heterocycles. The Balaban J connectivity index is 1.90. The second-order valence-corrected chi connectivity index (χ2v) is 3.82. The van der Waals surface area contributed by atoms with E-state index in [-0.39, 0.29) is 0 Å². The van der Waals surface area contributed by atoms with Crippen molar-refractivity contribution in [1.29, 1.82) is 0 Å². The monoisotopic (exact) mass is 163 g/mol. The number of piperidine rings is 1. The van der Waals surface area contributed by atoms with Crippen LogP contribution in [0.15, 0.2) is 24.3 Å². The van der Waals surface area contributed by atoms with Gasteiger partial charge in [-0.15, -0.1) is 0 Å². The zero-order chi connectivity index (χ0) is 8.23. The Morgan fingerprint density at radius 1 is 1.25 bits per heavy atom. The van der Waals surface area contributed by atoms with E-state index in [4.69, 9.17) is 0 Å². The second kappa shape index (κ2) is 3.90. The smallest absolute Gasteiger partial charge is 0.00148 e. The van der Waals surface area contributed by atoms with E-state index < -0.39 is 0 Å². The fourth-order valence-corrected chi connectivity index (χ4v) is 2.19. The van der Waals surface area contributed by atoms with Crippen LogP contribution in [0.3, 0.4) is 0 Å². The maximum Gasteiger partial charge on any atom is -0.00148 e. The van der Waals surface area contributed by atoms with Crippen molar-refractivity contribution in [3.63, 3.8) is 0 Å². The molecular weight excluding hydrogens is 146 g/mol. The molecule has 2 rings (SSSR count). The predicted molar refractivity (Wildman–Crippen MR) is 52.0 cm³/mol. The van der Waals surface area contributed by atoms with E-state index in [0.29, 0.717) is 0 Å². The average molecular weight is 163 g/mol. The van der Waals surface area contributed by atoms with Crippen LogP contribution in [0.2, 0.25) is 0 Å². The van der Waals surface area contributed by atoms with Crippen LogP contribution in [0, 0.1) is 11.8 Å². The van der Waals surface area contributed by atoms with Gasteiger partial charge in [0.1, 0.15) is 0 Å². The van der Waals surface area contributed by atoms with E-state index in [0.717, 1.165) is 11.8 Å². The summed E-state index contributed by atoms with van der Waals surface area (Å²) in [4.78, 5) is 0. The van der Waals surface area contributed by atoms with Crippen LogP contribution in [0.5, 0.6) is 0 Å². The zero-order valence-electron chi connectivity index (χ0n) is 7.50. The fraction of sp³-hybridized carbons (Fsp3) is 0.636. The molecule has 1 fully saturated rings. The molecule has 1 heterocycles. The molecule has 0 bridgehead atoms. The third-order valence-corrected chi connectivity index (χ3v) is 2.95. The molecule has 0 amide bonds. The van der Waals surface area contributed by atoms with Gasteiger partial charge >= 0.3 is 0 Å². The summed E-state index contributed by atoms with van der Waals surface area (Å²) in [5, 5.41) is 3.47. The van der Waals surface area contributed by atoms with Crippen LogP contribution in [0.1, 0.15) is 19.3 Å². The first-order valence-corrected chi connectivity index (χ1v) is 5.01. The molecule has 2 aliphatic rings. The fourth-order valence-electron chi connectivity index (χ4n) is 2.19. The summed E-state index contributed by atoms with van der Waals surface area (Å²) in [5.74, 6) is 1.70. The molecule has 0 aromatic rings. The molecule has 66 valence electrons. The van der Waals surface area contributed by atoms with Crippen molar-refractivity contribution in [2.75, 3.05) is 13.1 Å². The van der Waals surface area contributed by atoms with E-state index in [1.165, 1.54) is 32.4 Å². The molecule has 2 atom stereocenters. The largest absolute Gasteiger partial charge is 0.316 e. The summed E-state index contributed by atoms with van der Waals surface area (Å²) in [6, 6.07) is 0. The highest BCUT2D eigenvalue weighted by Gasteiger charge is 2.20. The van der Waals surface area contributed by atoms with Gasteiger partial charge in [0.15, 0.2) is 0 Å². The molecule has 12 heavy (non-hydrogen) atoms. The minimum absolute atomic E-state index is 0.808. The summed E-state index contributed by atoms with van der Waals surface area (Å²) < 4.78 is 0. The van der Waals surface area contributed by atoms with Gasteiger partial charge in [0.2, 0.25) is 0 Å². The lowest BCUT2D eigenvalue weighted by Gasteiger charge is -2.29. The normalized spacial score (nSPS) is 35.3. The van der Waals surface area contributed by atoms with E-state index >= 15 is 0 Å². The highest BCUT2D eigenvalue weighted by atomic mass is 14.9. The van der Waals surface area contributed by atoms with Crippen molar-refractivity contribution in [1.82, 2.24) is 5.32 Å². The van der Waals surface area contributed by atoms with E-state index in [1.807, 2.05) is 0 Å². The molecule has 1 aliphatic carbocycles. The van der Waals surface area contributed by atoms with Crippen LogP contribution < -0.4 is 5.32 Å². The standard InChI is InChI=1S/C11H17N/c1-2-5-10(6-3-1)11-7-4-8-12-9-11/h1-3,5,10-12H,4,6-9H2/t10-,11-/m1/s1. The Morgan fingerprint density at radius 2 is 2.25 bits per heavy atom. The van der Waals surface area contributed by atoms with E-state index in [1.54, 1.807) is 0 Å². The van der Waals surface area contributed by atoms with Gasteiger partial charge in [0, 0.05) is 0 Å². The molecule has 0 saturated carbocycles. The zero-order valence-corrected chi connectivity index (χ0v) is 7.50. The summed E-state index contributed by atoms with van der Waals surface area (Å²) in [7, 11) is 0. The van der Waals surface area contributed by atoms with Gasteiger partial charge in [0.05, 0.1) is 0 Å². The Bertz CT molecular complexity index is 187. The topological polar surface area (TPSA) is 12.0 Å². The maximum absolute atomic E-state index is 3.47. The Hall–Kier alpha value is -0.560. The first kappa shape index (κ1) is 8.06. The van der Waals surface area contributed by atoms with Crippen molar-refractivity contribution >= 4 is 0 Å². The molecule has 1 N–H and O–H groups in total. The Labute approximate surface area is 74.5 Å². The van der Waals surface area contributed by atoms with Crippen LogP contribution in [-0.4, -0.2) is 13.1 Å². The van der Waals surface area contributed by atoms with Gasteiger partial charge in [0.25, 0.3) is 0 Å². The van der Waals surface area contributed by atoms with Gasteiger partial charge in [-0.25, -0.2) is 0 Å². The number of rotatable bonds is 1. The van der Waals surface area contributed by atoms with E-state index in [9.17, 15) is 0 Å². The van der Waals surface area contributed by atoms with Gasteiger partial charge in [-0.05, 0) is 44.2 Å². The molecule has 0 unspecified atom stereocenters. The number of hydrogen-bond donors (Lipinski definition) is 1. The Kier molecular flexibility index (Phi) is 2.62.